The summed E-state index contributed by atoms with van der Waals surface area (Å²) < 4.78 is 6.11. The molecule has 2 rings (SSSR count). The zero-order valence-corrected chi connectivity index (χ0v) is 12.7. The van der Waals surface area contributed by atoms with Crippen molar-refractivity contribution < 1.29 is 9.53 Å². The van der Waals surface area contributed by atoms with Crippen molar-refractivity contribution in [1.29, 1.82) is 5.26 Å². The largest absolute Gasteiger partial charge is 0.479 e. The molecule has 0 spiro atoms. The number of hydrogen-bond donors (Lipinski definition) is 0. The number of allylic oxidation sites excluding steroid dienone is 1. The van der Waals surface area contributed by atoms with Gasteiger partial charge in [-0.15, -0.1) is 0 Å². The minimum atomic E-state index is -0.0817. The van der Waals surface area contributed by atoms with Crippen LogP contribution in [0.15, 0.2) is 59.1 Å². The van der Waals surface area contributed by atoms with Crippen LogP contribution in [0.5, 0.6) is 5.75 Å². The summed E-state index contributed by atoms with van der Waals surface area (Å²) in [5.41, 5.74) is 1.53. The lowest BCUT2D eigenvalue weighted by Crippen LogP contribution is -1.96. The van der Waals surface area contributed by atoms with Crippen molar-refractivity contribution in [2.45, 2.75) is 0 Å². The molecule has 2 aromatic rings. The van der Waals surface area contributed by atoms with Crippen LogP contribution < -0.4 is 4.74 Å². The van der Waals surface area contributed by atoms with E-state index in [2.05, 4.69) is 15.9 Å². The standard InChI is InChI=1S/C17H12BrNO2/c18-15-3-1-2-13(12-15)4-9-17(20)14-5-7-16(8-6-14)21-11-10-19/h1-9,12H,11H2. The fourth-order valence-corrected chi connectivity index (χ4v) is 2.13. The van der Waals surface area contributed by atoms with E-state index in [0.717, 1.165) is 10.0 Å². The highest BCUT2D eigenvalue weighted by Crippen LogP contribution is 2.15. The van der Waals surface area contributed by atoms with E-state index in [0.29, 0.717) is 11.3 Å². The van der Waals surface area contributed by atoms with Crippen LogP contribution in [0.4, 0.5) is 0 Å². The first kappa shape index (κ1) is 15.0. The van der Waals surface area contributed by atoms with Gasteiger partial charge in [-0.05, 0) is 48.0 Å². The van der Waals surface area contributed by atoms with Crippen LogP contribution in [-0.2, 0) is 0 Å². The molecule has 104 valence electrons. The van der Waals surface area contributed by atoms with Crippen molar-refractivity contribution in [3.63, 3.8) is 0 Å². The second-order valence-corrected chi connectivity index (χ2v) is 5.14. The van der Waals surface area contributed by atoms with Crippen LogP contribution in [-0.4, -0.2) is 12.4 Å². The van der Waals surface area contributed by atoms with Crippen molar-refractivity contribution in [1.82, 2.24) is 0 Å². The summed E-state index contributed by atoms with van der Waals surface area (Å²) in [7, 11) is 0. The molecule has 0 radical (unpaired) electrons. The van der Waals surface area contributed by atoms with Crippen LogP contribution in [0.3, 0.4) is 0 Å². The molecule has 3 nitrogen and oxygen atoms in total. The number of nitriles is 1. The first-order chi connectivity index (χ1) is 10.2. The zero-order chi connectivity index (χ0) is 15.1. The predicted octanol–water partition coefficient (Wildman–Crippen LogP) is 4.25. The lowest BCUT2D eigenvalue weighted by molar-refractivity contribution is 0.104. The first-order valence-corrected chi connectivity index (χ1v) is 7.06. The van der Waals surface area contributed by atoms with Gasteiger partial charge in [-0.2, -0.15) is 5.26 Å². The maximum atomic E-state index is 12.0. The normalized spacial score (nSPS) is 10.3. The summed E-state index contributed by atoms with van der Waals surface area (Å²) in [6.07, 6.45) is 3.31. The van der Waals surface area contributed by atoms with Gasteiger partial charge in [0.2, 0.25) is 0 Å². The Hall–Kier alpha value is -2.38. The van der Waals surface area contributed by atoms with Gasteiger partial charge in [0.1, 0.15) is 11.8 Å². The highest BCUT2D eigenvalue weighted by molar-refractivity contribution is 9.10. The zero-order valence-electron chi connectivity index (χ0n) is 11.1. The Morgan fingerprint density at radius 2 is 2.00 bits per heavy atom. The van der Waals surface area contributed by atoms with Gasteiger partial charge in [0, 0.05) is 10.0 Å². The maximum absolute atomic E-state index is 12.0. The Balaban J connectivity index is 2.05. The molecule has 0 bridgehead atoms. The Kier molecular flexibility index (Phi) is 5.30. The van der Waals surface area contributed by atoms with E-state index >= 15 is 0 Å². The van der Waals surface area contributed by atoms with Gasteiger partial charge in [0.05, 0.1) is 0 Å². The summed E-state index contributed by atoms with van der Waals surface area (Å²) in [4.78, 5) is 12.0. The summed E-state index contributed by atoms with van der Waals surface area (Å²) in [6.45, 7) is -0.00389. The molecule has 0 unspecified atom stereocenters. The molecule has 0 aliphatic carbocycles. The van der Waals surface area contributed by atoms with Gasteiger partial charge in [0.15, 0.2) is 12.4 Å². The maximum Gasteiger partial charge on any atom is 0.185 e. The van der Waals surface area contributed by atoms with Gasteiger partial charge in [0.25, 0.3) is 0 Å². The van der Waals surface area contributed by atoms with E-state index in [9.17, 15) is 4.79 Å². The monoisotopic (exact) mass is 341 g/mol. The first-order valence-electron chi connectivity index (χ1n) is 6.27. The molecule has 0 heterocycles. The second kappa shape index (κ2) is 7.41. The van der Waals surface area contributed by atoms with E-state index in [1.807, 2.05) is 30.3 Å². The van der Waals surface area contributed by atoms with Crippen molar-refractivity contribution >= 4 is 27.8 Å². The minimum absolute atomic E-state index is 0.00389. The quantitative estimate of drug-likeness (QED) is 0.603. The number of halogens is 1. The number of hydrogen-bond acceptors (Lipinski definition) is 3. The molecule has 0 atom stereocenters. The summed E-state index contributed by atoms with van der Waals surface area (Å²) in [5.74, 6) is 0.492. The van der Waals surface area contributed by atoms with Crippen LogP contribution >= 0.6 is 15.9 Å². The van der Waals surface area contributed by atoms with Crippen LogP contribution in [0.2, 0.25) is 0 Å². The highest BCUT2D eigenvalue weighted by Gasteiger charge is 2.02. The van der Waals surface area contributed by atoms with Crippen molar-refractivity contribution in [2.24, 2.45) is 0 Å². The predicted molar refractivity (Wildman–Crippen MR) is 85.1 cm³/mol. The number of nitrogens with zero attached hydrogens (tertiary/aromatic N) is 1. The van der Waals surface area contributed by atoms with E-state index in [-0.39, 0.29) is 12.4 Å². The Labute approximate surface area is 131 Å². The molecule has 0 saturated carbocycles. The van der Waals surface area contributed by atoms with Crippen LogP contribution in [0.1, 0.15) is 15.9 Å². The molecular weight excluding hydrogens is 330 g/mol. The third-order valence-electron chi connectivity index (χ3n) is 2.72. The highest BCUT2D eigenvalue weighted by atomic mass is 79.9. The number of rotatable bonds is 5. The Morgan fingerprint density at radius 1 is 1.24 bits per heavy atom. The van der Waals surface area contributed by atoms with Gasteiger partial charge < -0.3 is 4.74 Å². The summed E-state index contributed by atoms with van der Waals surface area (Å²) in [5, 5.41) is 8.43. The molecule has 0 N–H and O–H groups in total. The summed E-state index contributed by atoms with van der Waals surface area (Å²) in [6, 6.07) is 16.3. The van der Waals surface area contributed by atoms with E-state index in [4.69, 9.17) is 10.00 Å². The van der Waals surface area contributed by atoms with Gasteiger partial charge in [-0.25, -0.2) is 0 Å². The SMILES string of the molecule is N#CCOc1ccc(C(=O)C=Cc2cccc(Br)c2)cc1. The molecule has 0 fully saturated rings. The molecule has 4 heteroatoms. The fraction of sp³-hybridized carbons (Fsp3) is 0.0588. The van der Waals surface area contributed by atoms with Gasteiger partial charge in [-0.3, -0.25) is 4.79 Å². The van der Waals surface area contributed by atoms with E-state index in [1.165, 1.54) is 6.08 Å². The lowest BCUT2D eigenvalue weighted by Gasteiger charge is -2.02. The molecule has 2 aromatic carbocycles. The molecule has 0 aliphatic heterocycles. The lowest BCUT2D eigenvalue weighted by atomic mass is 10.1. The molecule has 0 saturated heterocycles. The van der Waals surface area contributed by atoms with Crippen molar-refractivity contribution in [3.05, 3.63) is 70.2 Å². The fourth-order valence-electron chi connectivity index (χ4n) is 1.71. The van der Waals surface area contributed by atoms with Crippen molar-refractivity contribution in [3.8, 4) is 11.8 Å². The third kappa shape index (κ3) is 4.59. The van der Waals surface area contributed by atoms with Crippen LogP contribution in [0.25, 0.3) is 6.08 Å². The number of carbonyl (C=O) groups excluding carboxylic acids is 1. The molecule has 0 amide bonds. The Morgan fingerprint density at radius 3 is 2.67 bits per heavy atom. The van der Waals surface area contributed by atoms with Gasteiger partial charge >= 0.3 is 0 Å². The number of ether oxygens (including phenoxy) is 1. The molecule has 0 aromatic heterocycles. The average molecular weight is 342 g/mol. The smallest absolute Gasteiger partial charge is 0.185 e. The molecule has 0 aliphatic rings. The summed E-state index contributed by atoms with van der Waals surface area (Å²) >= 11 is 3.39. The number of carbonyl (C=O) groups is 1. The Bertz CT molecular complexity index is 699. The van der Waals surface area contributed by atoms with E-state index in [1.54, 1.807) is 30.3 Å². The van der Waals surface area contributed by atoms with E-state index < -0.39 is 0 Å². The van der Waals surface area contributed by atoms with Crippen LogP contribution in [0, 0.1) is 11.3 Å². The minimum Gasteiger partial charge on any atom is -0.479 e. The molecule has 21 heavy (non-hydrogen) atoms. The second-order valence-electron chi connectivity index (χ2n) is 4.22. The topological polar surface area (TPSA) is 50.1 Å². The van der Waals surface area contributed by atoms with Crippen molar-refractivity contribution in [2.75, 3.05) is 6.61 Å². The number of ketones is 1. The third-order valence-corrected chi connectivity index (χ3v) is 3.21. The average Bonchev–Trinajstić information content (AvgIpc) is 2.51. The number of benzene rings is 2. The molecular formula is C17H12BrNO2. The van der Waals surface area contributed by atoms with Gasteiger partial charge in [-0.1, -0.05) is 34.1 Å².